The van der Waals surface area contributed by atoms with Crippen molar-refractivity contribution in [1.82, 2.24) is 0 Å². The molecule has 2 aliphatic heterocycles. The average molecular weight is 218 g/mol. The van der Waals surface area contributed by atoms with Gasteiger partial charge in [0, 0.05) is 7.11 Å². The molecule has 0 aromatic heterocycles. The van der Waals surface area contributed by atoms with Gasteiger partial charge in [-0.15, -0.1) is 0 Å². The normalized spacial score (nSPS) is 45.4. The highest BCUT2D eigenvalue weighted by molar-refractivity contribution is 4.96. The van der Waals surface area contributed by atoms with Crippen LogP contribution in [0.25, 0.3) is 0 Å². The highest BCUT2D eigenvalue weighted by atomic mass is 16.8. The summed E-state index contributed by atoms with van der Waals surface area (Å²) in [6.07, 6.45) is -1.97. The van der Waals surface area contributed by atoms with E-state index in [-0.39, 0.29) is 18.3 Å². The molecule has 2 saturated heterocycles. The van der Waals surface area contributed by atoms with Crippen LogP contribution in [0.3, 0.4) is 0 Å². The van der Waals surface area contributed by atoms with E-state index in [0.717, 1.165) is 0 Å². The van der Waals surface area contributed by atoms with Gasteiger partial charge in [-0.25, -0.2) is 0 Å². The molecule has 5 atom stereocenters. The van der Waals surface area contributed by atoms with Crippen molar-refractivity contribution in [3.8, 4) is 0 Å². The predicted molar refractivity (Wildman–Crippen MR) is 51.2 cm³/mol. The summed E-state index contributed by atoms with van der Waals surface area (Å²) >= 11 is 0. The Labute approximate surface area is 89.3 Å². The first kappa shape index (κ1) is 11.3. The fourth-order valence-corrected chi connectivity index (χ4v) is 2.17. The van der Waals surface area contributed by atoms with Crippen LogP contribution in [-0.2, 0) is 18.9 Å². The van der Waals surface area contributed by atoms with Gasteiger partial charge in [0.1, 0.15) is 18.3 Å². The van der Waals surface area contributed by atoms with Crippen LogP contribution in [0.4, 0.5) is 0 Å². The van der Waals surface area contributed by atoms with Crippen molar-refractivity contribution in [3.05, 3.63) is 0 Å². The summed E-state index contributed by atoms with van der Waals surface area (Å²) in [7, 11) is 1.56. The van der Waals surface area contributed by atoms with E-state index in [9.17, 15) is 5.11 Å². The first-order chi connectivity index (χ1) is 6.94. The minimum Gasteiger partial charge on any atom is -0.391 e. The summed E-state index contributed by atoms with van der Waals surface area (Å²) in [4.78, 5) is 0. The maximum Gasteiger partial charge on any atom is 0.186 e. The van der Waals surface area contributed by atoms with E-state index < -0.39 is 18.2 Å². The summed E-state index contributed by atoms with van der Waals surface area (Å²) in [6.45, 7) is 5.36. The van der Waals surface area contributed by atoms with Gasteiger partial charge in [0.15, 0.2) is 12.1 Å². The summed E-state index contributed by atoms with van der Waals surface area (Å²) in [5, 5.41) is 9.57. The molecule has 0 aliphatic carbocycles. The minimum atomic E-state index is -0.636. The molecule has 2 rings (SSSR count). The second-order valence-corrected chi connectivity index (χ2v) is 4.51. The van der Waals surface area contributed by atoms with Gasteiger partial charge in [-0.05, 0) is 20.8 Å². The third-order valence-electron chi connectivity index (χ3n) is 2.75. The molecule has 0 spiro atoms. The summed E-state index contributed by atoms with van der Waals surface area (Å²) in [6, 6.07) is 0. The molecular formula is C10H18O5. The molecule has 0 amide bonds. The highest BCUT2D eigenvalue weighted by Gasteiger charge is 2.56. The fourth-order valence-electron chi connectivity index (χ4n) is 2.17. The van der Waals surface area contributed by atoms with Gasteiger partial charge in [-0.2, -0.15) is 0 Å². The number of aliphatic hydroxyl groups is 1. The minimum absolute atomic E-state index is 0.259. The third-order valence-corrected chi connectivity index (χ3v) is 2.75. The van der Waals surface area contributed by atoms with Gasteiger partial charge in [0.2, 0.25) is 0 Å². The molecule has 5 nitrogen and oxygen atoms in total. The SMILES string of the molecule is COC1O[C@H](C(C)O)[C@H]2OC(C)(C)O[C@@H]12. The first-order valence-corrected chi connectivity index (χ1v) is 5.16. The van der Waals surface area contributed by atoms with Crippen LogP contribution in [0, 0.1) is 0 Å². The molecule has 0 aromatic rings. The quantitative estimate of drug-likeness (QED) is 0.720. The molecule has 2 unspecified atom stereocenters. The van der Waals surface area contributed by atoms with Crippen LogP contribution < -0.4 is 0 Å². The number of methoxy groups -OCH3 is 1. The maximum atomic E-state index is 9.57. The topological polar surface area (TPSA) is 57.2 Å². The maximum absolute atomic E-state index is 9.57. The molecule has 0 saturated carbocycles. The number of ether oxygens (including phenoxy) is 4. The molecule has 5 heteroatoms. The molecule has 2 aliphatic rings. The number of hydrogen-bond acceptors (Lipinski definition) is 5. The van der Waals surface area contributed by atoms with Crippen molar-refractivity contribution >= 4 is 0 Å². The van der Waals surface area contributed by atoms with E-state index >= 15 is 0 Å². The zero-order valence-electron chi connectivity index (χ0n) is 9.47. The second-order valence-electron chi connectivity index (χ2n) is 4.51. The van der Waals surface area contributed by atoms with Crippen LogP contribution in [-0.4, -0.2) is 48.7 Å². The van der Waals surface area contributed by atoms with Gasteiger partial charge in [-0.1, -0.05) is 0 Å². The van der Waals surface area contributed by atoms with Crippen molar-refractivity contribution in [2.75, 3.05) is 7.11 Å². The van der Waals surface area contributed by atoms with Gasteiger partial charge < -0.3 is 24.1 Å². The summed E-state index contributed by atoms with van der Waals surface area (Å²) < 4.78 is 22.0. The lowest BCUT2D eigenvalue weighted by Crippen LogP contribution is -2.36. The average Bonchev–Trinajstić information content (AvgIpc) is 2.57. The lowest BCUT2D eigenvalue weighted by atomic mass is 10.1. The Bertz CT molecular complexity index is 240. The van der Waals surface area contributed by atoms with Crippen LogP contribution in [0.15, 0.2) is 0 Å². The Morgan fingerprint density at radius 2 is 1.87 bits per heavy atom. The Kier molecular flexibility index (Phi) is 2.77. The summed E-state index contributed by atoms with van der Waals surface area (Å²) in [5.74, 6) is -0.636. The van der Waals surface area contributed by atoms with E-state index in [1.807, 2.05) is 13.8 Å². The molecule has 88 valence electrons. The van der Waals surface area contributed by atoms with E-state index in [2.05, 4.69) is 0 Å². The zero-order valence-corrected chi connectivity index (χ0v) is 9.47. The van der Waals surface area contributed by atoms with Gasteiger partial charge in [-0.3, -0.25) is 0 Å². The van der Waals surface area contributed by atoms with E-state index in [0.29, 0.717) is 0 Å². The van der Waals surface area contributed by atoms with Crippen LogP contribution in [0.2, 0.25) is 0 Å². The predicted octanol–water partition coefficient (Wildman–Crippen LogP) is 0.259. The number of rotatable bonds is 2. The number of hydrogen-bond donors (Lipinski definition) is 1. The van der Waals surface area contributed by atoms with Gasteiger partial charge in [0.25, 0.3) is 0 Å². The van der Waals surface area contributed by atoms with Crippen molar-refractivity contribution in [3.63, 3.8) is 0 Å². The van der Waals surface area contributed by atoms with E-state index in [1.54, 1.807) is 14.0 Å². The first-order valence-electron chi connectivity index (χ1n) is 5.16. The molecule has 0 radical (unpaired) electrons. The second kappa shape index (κ2) is 3.68. The largest absolute Gasteiger partial charge is 0.391 e. The highest BCUT2D eigenvalue weighted by Crippen LogP contribution is 2.39. The number of aliphatic hydroxyl groups excluding tert-OH is 1. The molecule has 15 heavy (non-hydrogen) atoms. The molecule has 0 aromatic carbocycles. The molecule has 0 bridgehead atoms. The van der Waals surface area contributed by atoms with Crippen molar-refractivity contribution in [2.45, 2.75) is 57.3 Å². The molecule has 2 fully saturated rings. The Hall–Kier alpha value is -0.200. The third kappa shape index (κ3) is 1.90. The molecular weight excluding hydrogens is 200 g/mol. The molecule has 2 heterocycles. The Morgan fingerprint density at radius 3 is 2.40 bits per heavy atom. The monoisotopic (exact) mass is 218 g/mol. The lowest BCUT2D eigenvalue weighted by Gasteiger charge is -2.24. The molecule has 1 N–H and O–H groups in total. The van der Waals surface area contributed by atoms with Crippen LogP contribution in [0.1, 0.15) is 20.8 Å². The van der Waals surface area contributed by atoms with Crippen molar-refractivity contribution in [1.29, 1.82) is 0 Å². The van der Waals surface area contributed by atoms with Gasteiger partial charge >= 0.3 is 0 Å². The Balaban J connectivity index is 2.15. The Morgan fingerprint density at radius 1 is 1.27 bits per heavy atom. The van der Waals surface area contributed by atoms with Crippen molar-refractivity contribution < 1.29 is 24.1 Å². The number of fused-ring (bicyclic) bond motifs is 1. The van der Waals surface area contributed by atoms with E-state index in [4.69, 9.17) is 18.9 Å². The zero-order chi connectivity index (χ0) is 11.2. The van der Waals surface area contributed by atoms with Crippen LogP contribution in [0.5, 0.6) is 0 Å². The summed E-state index contributed by atoms with van der Waals surface area (Å²) in [5.41, 5.74) is 0. The van der Waals surface area contributed by atoms with Gasteiger partial charge in [0.05, 0.1) is 6.10 Å². The van der Waals surface area contributed by atoms with E-state index in [1.165, 1.54) is 0 Å². The van der Waals surface area contributed by atoms with Crippen molar-refractivity contribution in [2.24, 2.45) is 0 Å². The fraction of sp³-hybridized carbons (Fsp3) is 1.00. The smallest absolute Gasteiger partial charge is 0.186 e. The lowest BCUT2D eigenvalue weighted by molar-refractivity contribution is -0.235. The standard InChI is InChI=1S/C10H18O5/c1-5(11)6-7-8(9(12-4)13-6)15-10(2,3)14-7/h5-9,11H,1-4H3/t5?,6-,7-,8-,9?/m1/s1. The van der Waals surface area contributed by atoms with Crippen LogP contribution >= 0.6 is 0 Å².